The van der Waals surface area contributed by atoms with Gasteiger partial charge in [-0.15, -0.1) is 0 Å². The first kappa shape index (κ1) is 40.1. The fraction of sp³-hybridized carbons (Fsp3) is 0.933. The molecule has 3 aliphatic rings. The molecular weight excluding hydrogens is 383 g/mol. The summed E-state index contributed by atoms with van der Waals surface area (Å²) >= 11 is 0. The van der Waals surface area contributed by atoms with Crippen LogP contribution < -0.4 is 37.2 Å². The molecule has 3 nitrogen and oxygen atoms in total. The molecule has 3 saturated heterocycles. The smallest absolute Gasteiger partial charge is 1.00 e. The Labute approximate surface area is 194 Å². The third-order valence-electron chi connectivity index (χ3n) is 2.48. The van der Waals surface area contributed by atoms with E-state index in [-0.39, 0.29) is 83.3 Å². The monoisotopic (exact) mass is 412 g/mol. The summed E-state index contributed by atoms with van der Waals surface area (Å²) in [5.74, 6) is 0. The van der Waals surface area contributed by atoms with Crippen LogP contribution in [0.4, 0.5) is 0 Å². The number of hydrogen-bond donors (Lipinski definition) is 0. The molecule has 0 aliphatic carbocycles. The average Bonchev–Trinajstić information content (AvgIpc) is 3.19. The largest absolute Gasteiger partial charge is 2.00 e. The summed E-state index contributed by atoms with van der Waals surface area (Å²) in [5.41, 5.74) is 0. The predicted molar refractivity (Wildman–Crippen MR) is 87.3 cm³/mol. The van der Waals surface area contributed by atoms with Crippen molar-refractivity contribution >= 4 is 46.1 Å². The van der Waals surface area contributed by atoms with Crippen molar-refractivity contribution in [1.82, 2.24) is 0 Å². The Bertz CT molecular complexity index is 103. The van der Waals surface area contributed by atoms with Crippen LogP contribution in [0.15, 0.2) is 0 Å². The molecule has 0 bridgehead atoms. The average molecular weight is 414 g/mol. The zero-order valence-electron chi connectivity index (χ0n) is 14.8. The van der Waals surface area contributed by atoms with Crippen molar-refractivity contribution in [1.29, 1.82) is 0 Å². The Morgan fingerprint density at radius 2 is 0.609 bits per heavy atom. The quantitative estimate of drug-likeness (QED) is 0.292. The normalized spacial score (nSPS) is 16.4. The van der Waals surface area contributed by atoms with Crippen molar-refractivity contribution in [2.24, 2.45) is 0 Å². The Hall–Kier alpha value is 2.28. The first-order chi connectivity index (χ1) is 8.91. The first-order valence-corrected chi connectivity index (χ1v) is 7.39. The van der Waals surface area contributed by atoms with Crippen LogP contribution in [0.25, 0.3) is 0 Å². The van der Waals surface area contributed by atoms with Gasteiger partial charge in [0.2, 0.25) is 0 Å². The molecule has 3 rings (SSSR count). The maximum atomic E-state index is 4.94. The van der Waals surface area contributed by atoms with Crippen LogP contribution in [0.2, 0.25) is 0 Å². The molecule has 0 aromatic carbocycles. The maximum absolute atomic E-state index is 4.94. The van der Waals surface area contributed by atoms with Crippen molar-refractivity contribution in [2.75, 3.05) is 39.6 Å². The van der Waals surface area contributed by atoms with Crippen molar-refractivity contribution in [3.63, 3.8) is 0 Å². The van der Waals surface area contributed by atoms with E-state index in [1.54, 1.807) is 0 Å². The van der Waals surface area contributed by atoms with Gasteiger partial charge < -0.3 is 57.9 Å². The summed E-state index contributed by atoms with van der Waals surface area (Å²) in [6.45, 7) is 10.0. The number of hydrogen-bond acceptors (Lipinski definition) is 3. The zero-order chi connectivity index (χ0) is 13.3. The second-order valence-corrected chi connectivity index (χ2v) is 4.54. The van der Waals surface area contributed by atoms with Crippen molar-refractivity contribution in [2.45, 2.75) is 52.4 Å². The summed E-state index contributed by atoms with van der Waals surface area (Å²) in [6.07, 6.45) is 9.67. The van der Waals surface area contributed by atoms with Crippen LogP contribution in [-0.2, 0) is 14.2 Å². The van der Waals surface area contributed by atoms with Gasteiger partial charge >= 0.3 is 46.1 Å². The summed E-state index contributed by atoms with van der Waals surface area (Å²) in [5, 5.41) is 0. The van der Waals surface area contributed by atoms with Crippen LogP contribution in [0, 0.1) is 6.42 Å². The van der Waals surface area contributed by atoms with Crippen LogP contribution >= 0.6 is 0 Å². The fourth-order valence-corrected chi connectivity index (χ4v) is 1.53. The molecule has 0 radical (unpaired) electrons. The Kier molecular flexibility index (Phi) is 68.6. The predicted octanol–water partition coefficient (Wildman–Crippen LogP) is -6.13. The van der Waals surface area contributed by atoms with Crippen molar-refractivity contribution in [3.8, 4) is 0 Å². The van der Waals surface area contributed by atoms with E-state index in [0.29, 0.717) is 0 Å². The minimum absolute atomic E-state index is 0. The van der Waals surface area contributed by atoms with Gasteiger partial charge in [-0.25, -0.2) is 0 Å². The number of halogens is 3. The van der Waals surface area contributed by atoms with Crippen molar-refractivity contribution in [3.05, 3.63) is 6.42 Å². The molecule has 0 amide bonds. The SMILES string of the molecule is C1CCOC1.C1CCOC1.C1CCOC1.C[CH-]C.[Cl-].[Cl-].[Cl-].[Mg+2].[Mg+2]. The van der Waals surface area contributed by atoms with Crippen molar-refractivity contribution < 1.29 is 51.4 Å². The third-order valence-corrected chi connectivity index (χ3v) is 2.48. The molecule has 3 aliphatic heterocycles. The second kappa shape index (κ2) is 39.4. The molecule has 3 fully saturated rings. The fourth-order valence-electron chi connectivity index (χ4n) is 1.53. The number of ether oxygens (including phenoxy) is 3. The maximum Gasteiger partial charge on any atom is 2.00 e. The van der Waals surface area contributed by atoms with E-state index in [2.05, 4.69) is 0 Å². The molecule has 0 spiro atoms. The molecular formula is C15H31Cl3Mg2O3. The van der Waals surface area contributed by atoms with E-state index in [4.69, 9.17) is 14.2 Å². The first-order valence-electron chi connectivity index (χ1n) is 7.39. The number of rotatable bonds is 0. The minimum Gasteiger partial charge on any atom is -1.00 e. The van der Waals surface area contributed by atoms with Gasteiger partial charge in [-0.05, 0) is 38.5 Å². The van der Waals surface area contributed by atoms with E-state index in [0.717, 1.165) is 39.6 Å². The second-order valence-electron chi connectivity index (χ2n) is 4.54. The topological polar surface area (TPSA) is 27.7 Å². The summed E-state index contributed by atoms with van der Waals surface area (Å²) in [4.78, 5) is 0. The van der Waals surface area contributed by atoms with Crippen LogP contribution in [0.5, 0.6) is 0 Å². The van der Waals surface area contributed by atoms with Gasteiger partial charge in [-0.3, -0.25) is 0 Å². The molecule has 23 heavy (non-hydrogen) atoms. The standard InChI is InChI=1S/3C4H8O.C3H7.3ClH.2Mg/c3*1-2-4-5-3-1;1-3-2;;;;;/h3*1-4H2;3H,1-2H3;3*1H;;/q;;;-1;;;;2*+2/p-3. The van der Waals surface area contributed by atoms with Gasteiger partial charge in [0.1, 0.15) is 0 Å². The molecule has 0 aromatic rings. The van der Waals surface area contributed by atoms with Gasteiger partial charge in [0.15, 0.2) is 0 Å². The van der Waals surface area contributed by atoms with E-state index in [1.807, 2.05) is 20.3 Å². The molecule has 0 saturated carbocycles. The molecule has 0 aromatic heterocycles. The molecule has 3 heterocycles. The van der Waals surface area contributed by atoms with E-state index in [1.165, 1.54) is 38.5 Å². The van der Waals surface area contributed by atoms with Gasteiger partial charge in [0.05, 0.1) is 0 Å². The van der Waals surface area contributed by atoms with E-state index < -0.39 is 0 Å². The Balaban J connectivity index is -0.0000000397. The zero-order valence-corrected chi connectivity index (χ0v) is 19.9. The molecule has 134 valence electrons. The van der Waals surface area contributed by atoms with E-state index in [9.17, 15) is 0 Å². The van der Waals surface area contributed by atoms with Crippen LogP contribution in [0.3, 0.4) is 0 Å². The minimum atomic E-state index is 0. The molecule has 0 N–H and O–H groups in total. The molecule has 8 heteroatoms. The molecule has 0 atom stereocenters. The van der Waals surface area contributed by atoms with E-state index >= 15 is 0 Å². The summed E-state index contributed by atoms with van der Waals surface area (Å²) in [7, 11) is 0. The van der Waals surface area contributed by atoms with Gasteiger partial charge in [-0.2, -0.15) is 13.8 Å². The Morgan fingerprint density at radius 1 is 0.478 bits per heavy atom. The third kappa shape index (κ3) is 40.4. The van der Waals surface area contributed by atoms with Crippen LogP contribution in [0.1, 0.15) is 52.4 Å². The Morgan fingerprint density at radius 3 is 0.652 bits per heavy atom. The van der Waals surface area contributed by atoms with Gasteiger partial charge in [0.25, 0.3) is 0 Å². The van der Waals surface area contributed by atoms with Gasteiger partial charge in [0, 0.05) is 39.6 Å². The van der Waals surface area contributed by atoms with Gasteiger partial charge in [-0.1, -0.05) is 0 Å². The van der Waals surface area contributed by atoms with Crippen LogP contribution in [-0.4, -0.2) is 85.7 Å². The summed E-state index contributed by atoms with van der Waals surface area (Å²) < 4.78 is 14.8. The summed E-state index contributed by atoms with van der Waals surface area (Å²) in [6, 6.07) is 0. The molecule has 0 unspecified atom stereocenters.